The van der Waals surface area contributed by atoms with Gasteiger partial charge in [-0.3, -0.25) is 0 Å². The maximum Gasteiger partial charge on any atom is 0.216 e. The van der Waals surface area contributed by atoms with Gasteiger partial charge in [-0.1, -0.05) is 44.2 Å². The number of benzene rings is 1. The van der Waals surface area contributed by atoms with Gasteiger partial charge in [0.05, 0.1) is 12.4 Å². The lowest BCUT2D eigenvalue weighted by molar-refractivity contribution is 0.240. The molecule has 102 valence electrons. The second-order valence-corrected chi connectivity index (χ2v) is 6.63. The van der Waals surface area contributed by atoms with E-state index in [1.54, 1.807) is 12.1 Å². The predicted molar refractivity (Wildman–Crippen MR) is 72.5 cm³/mol. The highest BCUT2D eigenvalue weighted by Gasteiger charge is 2.18. The first-order valence-electron chi connectivity index (χ1n) is 6.07. The molecule has 0 saturated carbocycles. The van der Waals surface area contributed by atoms with Crippen LogP contribution in [0.25, 0.3) is 0 Å². The molecule has 0 amide bonds. The van der Waals surface area contributed by atoms with Crippen molar-refractivity contribution in [2.24, 2.45) is 5.92 Å². The lowest BCUT2D eigenvalue weighted by atomic mass is 10.1. The van der Waals surface area contributed by atoms with Gasteiger partial charge in [-0.25, -0.2) is 13.1 Å². The zero-order valence-corrected chi connectivity index (χ0v) is 11.7. The van der Waals surface area contributed by atoms with Crippen LogP contribution in [0, 0.1) is 5.92 Å². The fourth-order valence-electron chi connectivity index (χ4n) is 1.82. The Hall–Kier alpha value is -0.910. The first-order valence-corrected chi connectivity index (χ1v) is 7.73. The van der Waals surface area contributed by atoms with E-state index in [0.717, 1.165) is 5.56 Å². The smallest absolute Gasteiger partial charge is 0.216 e. The van der Waals surface area contributed by atoms with Crippen molar-refractivity contribution in [1.29, 1.82) is 0 Å². The van der Waals surface area contributed by atoms with Crippen LogP contribution in [0.4, 0.5) is 0 Å². The number of sulfonamides is 1. The first kappa shape index (κ1) is 15.1. The van der Waals surface area contributed by atoms with Crippen LogP contribution in [-0.2, 0) is 15.8 Å². The second kappa shape index (κ2) is 6.87. The summed E-state index contributed by atoms with van der Waals surface area (Å²) in [5.41, 5.74) is 0.742. The molecule has 18 heavy (non-hydrogen) atoms. The number of hydrogen-bond donors (Lipinski definition) is 2. The molecular weight excluding hydrogens is 250 g/mol. The number of aliphatic hydroxyl groups is 1. The minimum atomic E-state index is -3.40. The van der Waals surface area contributed by atoms with Gasteiger partial charge in [-0.2, -0.15) is 0 Å². The zero-order chi connectivity index (χ0) is 13.6. The third-order valence-electron chi connectivity index (χ3n) is 2.52. The van der Waals surface area contributed by atoms with E-state index in [-0.39, 0.29) is 12.4 Å². The summed E-state index contributed by atoms with van der Waals surface area (Å²) in [5.74, 6) is 0.282. The SMILES string of the molecule is CC(C)CC(CO)NS(=O)(=O)Cc1ccccc1. The number of rotatable bonds is 7. The Morgan fingerprint density at radius 3 is 2.33 bits per heavy atom. The summed E-state index contributed by atoms with van der Waals surface area (Å²) in [6.45, 7) is 3.81. The summed E-state index contributed by atoms with van der Waals surface area (Å²) < 4.78 is 26.4. The molecule has 2 N–H and O–H groups in total. The Kier molecular flexibility index (Phi) is 5.78. The molecule has 1 aromatic carbocycles. The van der Waals surface area contributed by atoms with E-state index in [0.29, 0.717) is 12.3 Å². The van der Waals surface area contributed by atoms with Gasteiger partial charge in [0.25, 0.3) is 0 Å². The average Bonchev–Trinajstić information content (AvgIpc) is 2.27. The molecule has 0 radical (unpaired) electrons. The molecule has 0 aliphatic rings. The fourth-order valence-corrected chi connectivity index (χ4v) is 3.21. The van der Waals surface area contributed by atoms with Crippen LogP contribution in [0.2, 0.25) is 0 Å². The van der Waals surface area contributed by atoms with Crippen molar-refractivity contribution in [1.82, 2.24) is 4.72 Å². The molecule has 4 nitrogen and oxygen atoms in total. The Labute approximate surface area is 109 Å². The largest absolute Gasteiger partial charge is 0.395 e. The lowest BCUT2D eigenvalue weighted by Gasteiger charge is -2.18. The van der Waals surface area contributed by atoms with Crippen LogP contribution in [0.3, 0.4) is 0 Å². The van der Waals surface area contributed by atoms with E-state index in [1.807, 2.05) is 32.0 Å². The Morgan fingerprint density at radius 2 is 1.83 bits per heavy atom. The maximum atomic E-state index is 11.9. The van der Waals surface area contributed by atoms with E-state index >= 15 is 0 Å². The average molecular weight is 271 g/mol. The lowest BCUT2D eigenvalue weighted by Crippen LogP contribution is -2.39. The summed E-state index contributed by atoms with van der Waals surface area (Å²) in [6, 6.07) is 8.61. The van der Waals surface area contributed by atoms with Gasteiger partial charge in [0.1, 0.15) is 0 Å². The van der Waals surface area contributed by atoms with Crippen LogP contribution in [0.1, 0.15) is 25.8 Å². The molecule has 0 saturated heterocycles. The number of nitrogens with one attached hydrogen (secondary N) is 1. The molecule has 0 heterocycles. The molecule has 0 fully saturated rings. The van der Waals surface area contributed by atoms with Crippen LogP contribution in [0.5, 0.6) is 0 Å². The highest BCUT2D eigenvalue weighted by molar-refractivity contribution is 7.88. The minimum absolute atomic E-state index is 0.0531. The van der Waals surface area contributed by atoms with Gasteiger partial charge >= 0.3 is 0 Å². The molecule has 0 aromatic heterocycles. The molecule has 1 aromatic rings. The summed E-state index contributed by atoms with van der Waals surface area (Å²) in [7, 11) is -3.40. The molecule has 0 spiro atoms. The third kappa shape index (κ3) is 5.62. The molecule has 1 unspecified atom stereocenters. The van der Waals surface area contributed by atoms with Gasteiger partial charge in [-0.15, -0.1) is 0 Å². The van der Waals surface area contributed by atoms with Crippen LogP contribution in [-0.4, -0.2) is 26.2 Å². The predicted octanol–water partition coefficient (Wildman–Crippen LogP) is 1.51. The molecule has 0 aliphatic heterocycles. The Balaban J connectivity index is 2.64. The highest BCUT2D eigenvalue weighted by atomic mass is 32.2. The van der Waals surface area contributed by atoms with Gasteiger partial charge in [0.2, 0.25) is 10.0 Å². The first-order chi connectivity index (χ1) is 8.43. The summed E-state index contributed by atoms with van der Waals surface area (Å²) >= 11 is 0. The maximum absolute atomic E-state index is 11.9. The Bertz CT molecular complexity index is 443. The molecule has 1 atom stereocenters. The molecule has 0 bridgehead atoms. The van der Waals surface area contributed by atoms with Gasteiger partial charge in [-0.05, 0) is 17.9 Å². The van der Waals surface area contributed by atoms with Crippen LogP contribution < -0.4 is 4.72 Å². The van der Waals surface area contributed by atoms with Crippen molar-refractivity contribution in [3.63, 3.8) is 0 Å². The normalized spacial score (nSPS) is 13.8. The number of hydrogen-bond acceptors (Lipinski definition) is 3. The van der Waals surface area contributed by atoms with Crippen LogP contribution >= 0.6 is 0 Å². The highest BCUT2D eigenvalue weighted by Crippen LogP contribution is 2.08. The van der Waals surface area contributed by atoms with Gasteiger partial charge in [0.15, 0.2) is 0 Å². The zero-order valence-electron chi connectivity index (χ0n) is 10.8. The monoisotopic (exact) mass is 271 g/mol. The van der Waals surface area contributed by atoms with Crippen molar-refractivity contribution >= 4 is 10.0 Å². The molecule has 0 aliphatic carbocycles. The quantitative estimate of drug-likeness (QED) is 0.790. The van der Waals surface area contributed by atoms with E-state index in [9.17, 15) is 13.5 Å². The summed E-state index contributed by atoms with van der Waals surface area (Å²) in [6.07, 6.45) is 0.629. The topological polar surface area (TPSA) is 66.4 Å². The molecule has 1 rings (SSSR count). The minimum Gasteiger partial charge on any atom is -0.395 e. The summed E-state index contributed by atoms with van der Waals surface area (Å²) in [4.78, 5) is 0. The number of aliphatic hydroxyl groups excluding tert-OH is 1. The van der Waals surface area contributed by atoms with Crippen molar-refractivity contribution < 1.29 is 13.5 Å². The van der Waals surface area contributed by atoms with Crippen molar-refractivity contribution in [3.8, 4) is 0 Å². The van der Waals surface area contributed by atoms with Crippen molar-refractivity contribution in [3.05, 3.63) is 35.9 Å². The summed E-state index contributed by atoms with van der Waals surface area (Å²) in [5, 5.41) is 9.18. The van der Waals surface area contributed by atoms with Gasteiger partial charge < -0.3 is 5.11 Å². The molecular formula is C13H21NO3S. The van der Waals surface area contributed by atoms with Crippen molar-refractivity contribution in [2.45, 2.75) is 32.1 Å². The van der Waals surface area contributed by atoms with E-state index < -0.39 is 16.1 Å². The van der Waals surface area contributed by atoms with E-state index in [4.69, 9.17) is 0 Å². The van der Waals surface area contributed by atoms with Crippen LogP contribution in [0.15, 0.2) is 30.3 Å². The standard InChI is InChI=1S/C13H21NO3S/c1-11(2)8-13(9-15)14-18(16,17)10-12-6-4-3-5-7-12/h3-7,11,13-15H,8-10H2,1-2H3. The molecule has 5 heteroatoms. The fraction of sp³-hybridized carbons (Fsp3) is 0.538. The Morgan fingerprint density at radius 1 is 1.22 bits per heavy atom. The van der Waals surface area contributed by atoms with Crippen molar-refractivity contribution in [2.75, 3.05) is 6.61 Å². The van der Waals surface area contributed by atoms with E-state index in [1.165, 1.54) is 0 Å². The van der Waals surface area contributed by atoms with E-state index in [2.05, 4.69) is 4.72 Å². The second-order valence-electron chi connectivity index (χ2n) is 4.87. The third-order valence-corrected chi connectivity index (χ3v) is 3.93. The van der Waals surface area contributed by atoms with Gasteiger partial charge in [0, 0.05) is 6.04 Å².